The van der Waals surface area contributed by atoms with Crippen LogP contribution in [0.2, 0.25) is 0 Å². The maximum absolute atomic E-state index is 12.2. The molecular formula is C15H12N2O5. The standard InChI is InChI=1S/C15H12N2O5/c1-3-8-4-5-9-10(6-8)17(2)15(22)12(13(9)20)14(21)16-7-11(18)19/h1,4-6,20H,7H2,2H3,(H,16,21)(H,18,19). The van der Waals surface area contributed by atoms with E-state index in [0.717, 1.165) is 0 Å². The third kappa shape index (κ3) is 2.50. The van der Waals surface area contributed by atoms with E-state index in [1.165, 1.54) is 23.7 Å². The van der Waals surface area contributed by atoms with Gasteiger partial charge < -0.3 is 20.1 Å². The van der Waals surface area contributed by atoms with Crippen LogP contribution in [0, 0.1) is 12.3 Å². The second-order valence-electron chi connectivity index (χ2n) is 4.54. The Kier molecular flexibility index (Phi) is 3.86. The summed E-state index contributed by atoms with van der Waals surface area (Å²) in [6, 6.07) is 4.59. The summed E-state index contributed by atoms with van der Waals surface area (Å²) < 4.78 is 1.17. The number of aliphatic carboxylic acids is 1. The molecule has 0 atom stereocenters. The number of carbonyl (C=O) groups excluding carboxylic acids is 1. The van der Waals surface area contributed by atoms with Crippen molar-refractivity contribution < 1.29 is 19.8 Å². The van der Waals surface area contributed by atoms with Gasteiger partial charge in [-0.25, -0.2) is 0 Å². The van der Waals surface area contributed by atoms with Crippen LogP contribution >= 0.6 is 0 Å². The number of hydrogen-bond acceptors (Lipinski definition) is 4. The Morgan fingerprint density at radius 1 is 1.41 bits per heavy atom. The lowest BCUT2D eigenvalue weighted by Crippen LogP contribution is -2.35. The number of aromatic nitrogens is 1. The van der Waals surface area contributed by atoms with Crippen LogP contribution in [0.1, 0.15) is 15.9 Å². The van der Waals surface area contributed by atoms with Gasteiger partial charge in [0.15, 0.2) is 0 Å². The van der Waals surface area contributed by atoms with E-state index in [4.69, 9.17) is 11.5 Å². The molecule has 0 aliphatic carbocycles. The minimum Gasteiger partial charge on any atom is -0.506 e. The maximum Gasteiger partial charge on any atom is 0.322 e. The number of nitrogens with zero attached hydrogens (tertiary/aromatic N) is 1. The first kappa shape index (κ1) is 15.1. The number of nitrogens with one attached hydrogen (secondary N) is 1. The minimum absolute atomic E-state index is 0.265. The molecule has 3 N–H and O–H groups in total. The summed E-state index contributed by atoms with van der Waals surface area (Å²) in [6.45, 7) is -0.657. The van der Waals surface area contributed by atoms with Gasteiger partial charge in [0.25, 0.3) is 11.5 Å². The van der Waals surface area contributed by atoms with Crippen molar-refractivity contribution in [1.82, 2.24) is 9.88 Å². The average Bonchev–Trinajstić information content (AvgIpc) is 2.50. The largest absolute Gasteiger partial charge is 0.506 e. The van der Waals surface area contributed by atoms with Crippen LogP contribution in [-0.4, -0.2) is 33.2 Å². The first-order valence-electron chi connectivity index (χ1n) is 6.19. The van der Waals surface area contributed by atoms with E-state index in [2.05, 4.69) is 11.2 Å². The average molecular weight is 300 g/mol. The third-order valence-corrected chi connectivity index (χ3v) is 3.16. The SMILES string of the molecule is C#Cc1ccc2c(O)c(C(=O)NCC(=O)O)c(=O)n(C)c2c1. The molecule has 7 heteroatoms. The Balaban J connectivity index is 2.67. The lowest BCUT2D eigenvalue weighted by Gasteiger charge is -2.11. The number of benzene rings is 1. The summed E-state index contributed by atoms with van der Waals surface area (Å²) in [5.41, 5.74) is -0.371. The van der Waals surface area contributed by atoms with Crippen LogP contribution < -0.4 is 10.9 Å². The third-order valence-electron chi connectivity index (χ3n) is 3.16. The molecule has 0 spiro atoms. The van der Waals surface area contributed by atoms with E-state index in [1.807, 2.05) is 0 Å². The Morgan fingerprint density at radius 3 is 2.68 bits per heavy atom. The predicted octanol–water partition coefficient (Wildman–Crippen LogP) is 0.0398. The van der Waals surface area contributed by atoms with Crippen molar-refractivity contribution in [2.45, 2.75) is 0 Å². The van der Waals surface area contributed by atoms with Crippen LogP contribution in [0.3, 0.4) is 0 Å². The Bertz CT molecular complexity index is 889. The number of hydrogen-bond donors (Lipinski definition) is 3. The van der Waals surface area contributed by atoms with Crippen molar-refractivity contribution in [3.63, 3.8) is 0 Å². The zero-order valence-electron chi connectivity index (χ0n) is 11.6. The fourth-order valence-electron chi connectivity index (χ4n) is 2.06. The fourth-order valence-corrected chi connectivity index (χ4v) is 2.06. The van der Waals surface area contributed by atoms with Crippen molar-refractivity contribution in [2.24, 2.45) is 7.05 Å². The van der Waals surface area contributed by atoms with Crippen LogP contribution in [-0.2, 0) is 11.8 Å². The van der Waals surface area contributed by atoms with Crippen molar-refractivity contribution >= 4 is 22.8 Å². The highest BCUT2D eigenvalue weighted by Crippen LogP contribution is 2.26. The zero-order chi connectivity index (χ0) is 16.4. The molecule has 0 aliphatic heterocycles. The van der Waals surface area contributed by atoms with Crippen molar-refractivity contribution in [3.8, 4) is 18.1 Å². The molecule has 0 saturated carbocycles. The second kappa shape index (κ2) is 5.61. The normalized spacial score (nSPS) is 10.2. The van der Waals surface area contributed by atoms with Gasteiger partial charge >= 0.3 is 5.97 Å². The Labute approximate surface area is 124 Å². The van der Waals surface area contributed by atoms with Gasteiger partial charge in [-0.1, -0.05) is 5.92 Å². The van der Waals surface area contributed by atoms with Crippen molar-refractivity contribution in [2.75, 3.05) is 6.54 Å². The number of fused-ring (bicyclic) bond motifs is 1. The number of aryl methyl sites for hydroxylation is 1. The summed E-state index contributed by atoms with van der Waals surface area (Å²) in [4.78, 5) is 34.6. The monoisotopic (exact) mass is 300 g/mol. The summed E-state index contributed by atoms with van der Waals surface area (Å²) >= 11 is 0. The van der Waals surface area contributed by atoms with E-state index in [9.17, 15) is 19.5 Å². The highest BCUT2D eigenvalue weighted by atomic mass is 16.4. The highest BCUT2D eigenvalue weighted by Gasteiger charge is 2.21. The molecular weight excluding hydrogens is 288 g/mol. The quantitative estimate of drug-likeness (QED) is 0.694. The zero-order valence-corrected chi connectivity index (χ0v) is 11.6. The number of carbonyl (C=O) groups is 2. The van der Waals surface area contributed by atoms with E-state index < -0.39 is 35.3 Å². The first-order chi connectivity index (χ1) is 10.4. The summed E-state index contributed by atoms with van der Waals surface area (Å²) in [6.07, 6.45) is 5.29. The predicted molar refractivity (Wildman–Crippen MR) is 78.8 cm³/mol. The molecule has 22 heavy (non-hydrogen) atoms. The summed E-state index contributed by atoms with van der Waals surface area (Å²) in [5.74, 6) is -0.311. The smallest absolute Gasteiger partial charge is 0.322 e. The number of carboxylic acids is 1. The molecule has 1 aromatic carbocycles. The summed E-state index contributed by atoms with van der Waals surface area (Å²) in [5, 5.41) is 21.0. The Hall–Kier alpha value is -3.27. The Morgan fingerprint density at radius 2 is 2.09 bits per heavy atom. The molecule has 0 aliphatic rings. The number of carboxylic acid groups (broad SMARTS) is 1. The van der Waals surface area contributed by atoms with E-state index in [0.29, 0.717) is 11.1 Å². The molecule has 0 bridgehead atoms. The van der Waals surface area contributed by atoms with E-state index in [-0.39, 0.29) is 5.39 Å². The molecule has 0 saturated heterocycles. The van der Waals surface area contributed by atoms with Gasteiger partial charge in [0.1, 0.15) is 17.9 Å². The van der Waals surface area contributed by atoms with Gasteiger partial charge in [0.05, 0.1) is 5.52 Å². The van der Waals surface area contributed by atoms with Crippen LogP contribution in [0.4, 0.5) is 0 Å². The number of rotatable bonds is 3. The van der Waals surface area contributed by atoms with Gasteiger partial charge in [-0.3, -0.25) is 14.4 Å². The lowest BCUT2D eigenvalue weighted by molar-refractivity contribution is -0.135. The molecule has 0 radical (unpaired) electrons. The summed E-state index contributed by atoms with van der Waals surface area (Å²) in [7, 11) is 1.43. The van der Waals surface area contributed by atoms with Gasteiger partial charge in [-0.05, 0) is 18.2 Å². The lowest BCUT2D eigenvalue weighted by atomic mass is 10.1. The minimum atomic E-state index is -1.26. The molecule has 112 valence electrons. The molecule has 7 nitrogen and oxygen atoms in total. The molecule has 1 amide bonds. The number of aromatic hydroxyl groups is 1. The van der Waals surface area contributed by atoms with E-state index in [1.54, 1.807) is 6.07 Å². The fraction of sp³-hybridized carbons (Fsp3) is 0.133. The van der Waals surface area contributed by atoms with Crippen LogP contribution in [0.25, 0.3) is 10.9 Å². The van der Waals surface area contributed by atoms with Gasteiger partial charge in [0.2, 0.25) is 0 Å². The van der Waals surface area contributed by atoms with Gasteiger partial charge in [-0.2, -0.15) is 0 Å². The van der Waals surface area contributed by atoms with E-state index >= 15 is 0 Å². The van der Waals surface area contributed by atoms with Crippen molar-refractivity contribution in [3.05, 3.63) is 39.7 Å². The molecule has 2 rings (SSSR count). The second-order valence-corrected chi connectivity index (χ2v) is 4.54. The maximum atomic E-state index is 12.2. The molecule has 1 aromatic heterocycles. The van der Waals surface area contributed by atoms with Crippen LogP contribution in [0.5, 0.6) is 5.75 Å². The van der Waals surface area contributed by atoms with Crippen molar-refractivity contribution in [1.29, 1.82) is 0 Å². The number of amides is 1. The topological polar surface area (TPSA) is 109 Å². The van der Waals surface area contributed by atoms with Gasteiger partial charge in [0, 0.05) is 18.0 Å². The number of pyridine rings is 1. The van der Waals surface area contributed by atoms with Gasteiger partial charge in [-0.15, -0.1) is 6.42 Å². The number of terminal acetylenes is 1. The molecule has 0 unspecified atom stereocenters. The first-order valence-corrected chi connectivity index (χ1v) is 6.19. The van der Waals surface area contributed by atoms with Crippen LogP contribution in [0.15, 0.2) is 23.0 Å². The molecule has 1 heterocycles. The highest BCUT2D eigenvalue weighted by molar-refractivity contribution is 6.03. The molecule has 0 fully saturated rings. The molecule has 2 aromatic rings.